The summed E-state index contributed by atoms with van der Waals surface area (Å²) < 4.78 is 33.4. The van der Waals surface area contributed by atoms with Crippen LogP contribution in [0.15, 0.2) is 0 Å². The van der Waals surface area contributed by atoms with E-state index in [1.807, 2.05) is 27.9 Å². The third-order valence-electron chi connectivity index (χ3n) is 3.78. The maximum Gasteiger partial charge on any atom is 0.445 e. The van der Waals surface area contributed by atoms with Crippen LogP contribution in [0.2, 0.25) is 0 Å². The van der Waals surface area contributed by atoms with Crippen molar-refractivity contribution in [2.45, 2.75) is 58.1 Å². The predicted molar refractivity (Wildman–Crippen MR) is 77.1 cm³/mol. The standard InChI is InChI=1S/C13H28FN2O2P/c1-5-11-16(6-2)19(14,17)18-13-10-8-7-9-12(13)15(3)4/h12-13H,5-11H2,1-4H3/t12-,13-,19?/m0/s1. The van der Waals surface area contributed by atoms with E-state index in [0.29, 0.717) is 13.1 Å². The molecule has 4 nitrogen and oxygen atoms in total. The van der Waals surface area contributed by atoms with Crippen molar-refractivity contribution in [3.63, 3.8) is 0 Å². The molecule has 114 valence electrons. The highest BCUT2D eigenvalue weighted by Gasteiger charge is 2.38. The molecular formula is C13H28FN2O2P. The summed E-state index contributed by atoms with van der Waals surface area (Å²) in [7, 11) is -0.215. The molecule has 1 aliphatic carbocycles. The van der Waals surface area contributed by atoms with E-state index in [1.54, 1.807) is 0 Å². The molecule has 0 aromatic heterocycles. The fourth-order valence-electron chi connectivity index (χ4n) is 2.73. The molecular weight excluding hydrogens is 266 g/mol. The lowest BCUT2D eigenvalue weighted by Crippen LogP contribution is -2.42. The van der Waals surface area contributed by atoms with Gasteiger partial charge in [-0.1, -0.05) is 26.7 Å². The fourth-order valence-corrected chi connectivity index (χ4v) is 4.22. The zero-order valence-electron chi connectivity index (χ0n) is 12.6. The molecule has 0 heterocycles. The van der Waals surface area contributed by atoms with Gasteiger partial charge >= 0.3 is 7.83 Å². The van der Waals surface area contributed by atoms with Gasteiger partial charge in [0.1, 0.15) is 0 Å². The number of hydrogen-bond donors (Lipinski definition) is 0. The number of likely N-dealkylation sites (N-methyl/N-ethyl adjacent to an activating group) is 1. The van der Waals surface area contributed by atoms with E-state index >= 15 is 0 Å². The molecule has 19 heavy (non-hydrogen) atoms. The Hall–Kier alpha value is 0.0400. The van der Waals surface area contributed by atoms with E-state index in [4.69, 9.17) is 4.52 Å². The van der Waals surface area contributed by atoms with Crippen LogP contribution in [0.1, 0.15) is 46.0 Å². The molecule has 0 spiro atoms. The highest BCUT2D eigenvalue weighted by atomic mass is 31.2. The molecule has 0 saturated heterocycles. The second kappa shape index (κ2) is 7.72. The topological polar surface area (TPSA) is 32.8 Å². The summed E-state index contributed by atoms with van der Waals surface area (Å²) in [6, 6.07) is 0.165. The van der Waals surface area contributed by atoms with Gasteiger partial charge in [-0.2, -0.15) is 0 Å². The van der Waals surface area contributed by atoms with Crippen molar-refractivity contribution < 1.29 is 13.3 Å². The number of halogens is 1. The van der Waals surface area contributed by atoms with Crippen molar-refractivity contribution in [2.75, 3.05) is 27.2 Å². The van der Waals surface area contributed by atoms with Crippen molar-refractivity contribution in [1.29, 1.82) is 0 Å². The SMILES string of the molecule is CCCN(CC)P(=O)(F)O[C@H]1CCCC[C@@H]1N(C)C. The number of nitrogens with zero attached hydrogens (tertiary/aromatic N) is 2. The fraction of sp³-hybridized carbons (Fsp3) is 1.00. The second-order valence-electron chi connectivity index (χ2n) is 5.46. The molecule has 0 bridgehead atoms. The van der Waals surface area contributed by atoms with Crippen LogP contribution in [0.25, 0.3) is 0 Å². The van der Waals surface area contributed by atoms with Crippen LogP contribution in [-0.2, 0) is 9.09 Å². The van der Waals surface area contributed by atoms with Gasteiger partial charge in [0.2, 0.25) is 0 Å². The van der Waals surface area contributed by atoms with E-state index in [0.717, 1.165) is 32.1 Å². The molecule has 1 rings (SSSR count). The zero-order valence-corrected chi connectivity index (χ0v) is 13.5. The van der Waals surface area contributed by atoms with Gasteiger partial charge in [-0.15, -0.1) is 4.20 Å². The van der Waals surface area contributed by atoms with Gasteiger partial charge in [0.25, 0.3) is 0 Å². The summed E-state index contributed by atoms with van der Waals surface area (Å²) in [6.45, 7) is 4.66. The lowest BCUT2D eigenvalue weighted by atomic mass is 9.92. The molecule has 0 aromatic carbocycles. The Labute approximate surface area is 116 Å². The Morgan fingerprint density at radius 1 is 1.26 bits per heavy atom. The molecule has 3 atom stereocenters. The minimum Gasteiger partial charge on any atom is -0.304 e. The highest BCUT2D eigenvalue weighted by molar-refractivity contribution is 7.50. The average Bonchev–Trinajstić information content (AvgIpc) is 2.35. The minimum atomic E-state index is -4.16. The first-order valence-corrected chi connectivity index (χ1v) is 8.79. The first-order valence-electron chi connectivity index (χ1n) is 7.32. The van der Waals surface area contributed by atoms with Gasteiger partial charge < -0.3 is 4.90 Å². The Bertz CT molecular complexity index is 315. The average molecular weight is 294 g/mol. The summed E-state index contributed by atoms with van der Waals surface area (Å²) in [6.07, 6.45) is 4.44. The van der Waals surface area contributed by atoms with E-state index in [1.165, 1.54) is 4.67 Å². The van der Waals surface area contributed by atoms with Gasteiger partial charge in [-0.05, 0) is 33.4 Å². The van der Waals surface area contributed by atoms with Gasteiger partial charge in [0.05, 0.1) is 6.10 Å². The van der Waals surface area contributed by atoms with Gasteiger partial charge in [-0.3, -0.25) is 4.52 Å². The van der Waals surface area contributed by atoms with Crippen LogP contribution in [0.3, 0.4) is 0 Å². The Kier molecular flexibility index (Phi) is 6.95. The quantitative estimate of drug-likeness (QED) is 0.670. The molecule has 6 heteroatoms. The molecule has 0 aromatic rings. The van der Waals surface area contributed by atoms with Crippen LogP contribution < -0.4 is 0 Å². The van der Waals surface area contributed by atoms with Crippen molar-refractivity contribution in [1.82, 2.24) is 9.57 Å². The Morgan fingerprint density at radius 2 is 1.89 bits per heavy atom. The molecule has 0 amide bonds. The van der Waals surface area contributed by atoms with Crippen molar-refractivity contribution in [3.8, 4) is 0 Å². The maximum absolute atomic E-state index is 14.4. The summed E-state index contributed by atoms with van der Waals surface area (Å²) in [4.78, 5) is 2.06. The molecule has 0 radical (unpaired) electrons. The van der Waals surface area contributed by atoms with E-state index < -0.39 is 7.83 Å². The van der Waals surface area contributed by atoms with E-state index in [9.17, 15) is 8.76 Å². The van der Waals surface area contributed by atoms with Gasteiger partial charge in [0.15, 0.2) is 0 Å². The lowest BCUT2D eigenvalue weighted by Gasteiger charge is -2.37. The third kappa shape index (κ3) is 4.82. The lowest BCUT2D eigenvalue weighted by molar-refractivity contribution is 0.0484. The largest absolute Gasteiger partial charge is 0.445 e. The predicted octanol–water partition coefficient (Wildman–Crippen LogP) is 3.69. The van der Waals surface area contributed by atoms with E-state index in [-0.39, 0.29) is 12.1 Å². The monoisotopic (exact) mass is 294 g/mol. The van der Waals surface area contributed by atoms with Crippen LogP contribution >= 0.6 is 7.83 Å². The molecule has 1 fully saturated rings. The number of hydrogen-bond acceptors (Lipinski definition) is 3. The van der Waals surface area contributed by atoms with Crippen LogP contribution in [0, 0.1) is 0 Å². The first-order chi connectivity index (χ1) is 8.92. The summed E-state index contributed by atoms with van der Waals surface area (Å²) in [5, 5.41) is 0. The highest BCUT2D eigenvalue weighted by Crippen LogP contribution is 2.54. The molecule has 1 unspecified atom stereocenters. The first kappa shape index (κ1) is 17.1. The third-order valence-corrected chi connectivity index (χ3v) is 5.47. The van der Waals surface area contributed by atoms with Gasteiger partial charge in [-0.25, -0.2) is 9.24 Å². The Morgan fingerprint density at radius 3 is 2.42 bits per heavy atom. The summed E-state index contributed by atoms with van der Waals surface area (Å²) in [5.41, 5.74) is 0. The molecule has 0 N–H and O–H groups in total. The van der Waals surface area contributed by atoms with Crippen molar-refractivity contribution >= 4 is 7.83 Å². The van der Waals surface area contributed by atoms with Crippen LogP contribution in [0.5, 0.6) is 0 Å². The normalized spacial score (nSPS) is 27.7. The summed E-state index contributed by atoms with van der Waals surface area (Å²) in [5.74, 6) is 0. The zero-order chi connectivity index (χ0) is 14.5. The second-order valence-corrected chi connectivity index (χ2v) is 7.14. The summed E-state index contributed by atoms with van der Waals surface area (Å²) >= 11 is 0. The number of rotatable bonds is 7. The van der Waals surface area contributed by atoms with Crippen LogP contribution in [0.4, 0.5) is 4.20 Å². The Balaban J connectivity index is 2.71. The molecule has 1 saturated carbocycles. The van der Waals surface area contributed by atoms with Crippen molar-refractivity contribution in [2.24, 2.45) is 0 Å². The van der Waals surface area contributed by atoms with E-state index in [2.05, 4.69) is 4.90 Å². The van der Waals surface area contributed by atoms with Gasteiger partial charge in [0, 0.05) is 19.1 Å². The maximum atomic E-state index is 14.4. The minimum absolute atomic E-state index is 0.165. The van der Waals surface area contributed by atoms with Crippen molar-refractivity contribution in [3.05, 3.63) is 0 Å². The molecule has 0 aliphatic heterocycles. The molecule has 1 aliphatic rings. The van der Waals surface area contributed by atoms with Crippen LogP contribution in [-0.4, -0.2) is 48.9 Å². The smallest absolute Gasteiger partial charge is 0.304 e.